The molecule has 1 amide bonds. The summed E-state index contributed by atoms with van der Waals surface area (Å²) in [5.74, 6) is 0.543. The number of benzene rings is 2. The smallest absolute Gasteiger partial charge is 0.254 e. The Kier molecular flexibility index (Phi) is 5.26. The molecule has 0 fully saturated rings. The van der Waals surface area contributed by atoms with Crippen LogP contribution in [0.25, 0.3) is 0 Å². The van der Waals surface area contributed by atoms with Crippen LogP contribution in [0, 0.1) is 0 Å². The number of sulfonamides is 1. The molecule has 2 aromatic carbocycles. The molecule has 7 heteroatoms. The number of hydrogen-bond donors (Lipinski definition) is 1. The van der Waals surface area contributed by atoms with Crippen molar-refractivity contribution in [3.63, 3.8) is 0 Å². The zero-order valence-electron chi connectivity index (χ0n) is 13.8. The Labute approximate surface area is 141 Å². The lowest BCUT2D eigenvalue weighted by atomic mass is 10.1. The molecule has 1 atom stereocenters. The fourth-order valence-corrected chi connectivity index (χ4v) is 2.79. The molecule has 0 aliphatic carbocycles. The monoisotopic (exact) mass is 348 g/mol. The highest BCUT2D eigenvalue weighted by atomic mass is 32.2. The van der Waals surface area contributed by atoms with E-state index in [0.29, 0.717) is 11.3 Å². The molecule has 0 aliphatic rings. The van der Waals surface area contributed by atoms with Gasteiger partial charge >= 0.3 is 0 Å². The highest BCUT2D eigenvalue weighted by molar-refractivity contribution is 7.89. The van der Waals surface area contributed by atoms with Crippen molar-refractivity contribution < 1.29 is 17.9 Å². The van der Waals surface area contributed by atoms with E-state index < -0.39 is 10.0 Å². The number of amides is 1. The van der Waals surface area contributed by atoms with Gasteiger partial charge in [0.15, 0.2) is 0 Å². The summed E-state index contributed by atoms with van der Waals surface area (Å²) in [6, 6.07) is 12.8. The van der Waals surface area contributed by atoms with Gasteiger partial charge < -0.3 is 9.64 Å². The molecule has 2 N–H and O–H groups in total. The van der Waals surface area contributed by atoms with Crippen molar-refractivity contribution in [2.24, 2.45) is 5.14 Å². The van der Waals surface area contributed by atoms with E-state index in [1.54, 1.807) is 55.5 Å². The molecule has 0 saturated heterocycles. The Bertz CT molecular complexity index is 815. The number of carbonyl (C=O) groups excluding carboxylic acids is 1. The number of nitrogens with zero attached hydrogens (tertiary/aromatic N) is 1. The van der Waals surface area contributed by atoms with Gasteiger partial charge in [0.05, 0.1) is 18.0 Å². The number of ether oxygens (including phenoxy) is 1. The highest BCUT2D eigenvalue weighted by Crippen LogP contribution is 2.22. The summed E-state index contributed by atoms with van der Waals surface area (Å²) in [5, 5.41) is 5.09. The van der Waals surface area contributed by atoms with Gasteiger partial charge in [-0.05, 0) is 48.9 Å². The minimum absolute atomic E-state index is 0.0441. The summed E-state index contributed by atoms with van der Waals surface area (Å²) >= 11 is 0. The van der Waals surface area contributed by atoms with E-state index in [4.69, 9.17) is 9.88 Å². The number of hydrogen-bond acceptors (Lipinski definition) is 4. The van der Waals surface area contributed by atoms with Crippen LogP contribution in [0.4, 0.5) is 0 Å². The molecule has 6 nitrogen and oxygen atoms in total. The predicted octanol–water partition coefficient (Wildman–Crippen LogP) is 2.18. The molecular weight excluding hydrogens is 328 g/mol. The van der Waals surface area contributed by atoms with Crippen LogP contribution < -0.4 is 9.88 Å². The first kappa shape index (κ1) is 18.0. The third-order valence-electron chi connectivity index (χ3n) is 3.93. The first-order valence-electron chi connectivity index (χ1n) is 7.28. The normalized spacial score (nSPS) is 12.5. The fourth-order valence-electron chi connectivity index (χ4n) is 2.27. The number of methoxy groups -OCH3 is 1. The largest absolute Gasteiger partial charge is 0.497 e. The van der Waals surface area contributed by atoms with E-state index in [2.05, 4.69) is 0 Å². The molecule has 2 aromatic rings. The first-order valence-corrected chi connectivity index (χ1v) is 8.82. The average molecular weight is 348 g/mol. The quantitative estimate of drug-likeness (QED) is 0.897. The predicted molar refractivity (Wildman–Crippen MR) is 91.3 cm³/mol. The van der Waals surface area contributed by atoms with E-state index in [9.17, 15) is 13.2 Å². The van der Waals surface area contributed by atoms with Gasteiger partial charge in [0.25, 0.3) is 5.91 Å². The number of primary sulfonamides is 1. The van der Waals surface area contributed by atoms with Crippen LogP contribution in [0.5, 0.6) is 5.75 Å². The molecule has 0 spiro atoms. The van der Waals surface area contributed by atoms with Gasteiger partial charge in [-0.2, -0.15) is 0 Å². The molecule has 0 heterocycles. The van der Waals surface area contributed by atoms with Crippen molar-refractivity contribution in [2.75, 3.05) is 14.2 Å². The van der Waals surface area contributed by atoms with Gasteiger partial charge in [-0.1, -0.05) is 12.1 Å². The van der Waals surface area contributed by atoms with Crippen molar-refractivity contribution in [1.82, 2.24) is 4.90 Å². The summed E-state index contributed by atoms with van der Waals surface area (Å²) in [6.07, 6.45) is 0. The van der Waals surface area contributed by atoms with Crippen LogP contribution in [-0.2, 0) is 10.0 Å². The lowest BCUT2D eigenvalue weighted by molar-refractivity contribution is 0.0742. The third-order valence-corrected chi connectivity index (χ3v) is 4.86. The lowest BCUT2D eigenvalue weighted by Crippen LogP contribution is -2.29. The summed E-state index contributed by atoms with van der Waals surface area (Å²) in [5.41, 5.74) is 1.36. The fraction of sp³-hybridized carbons (Fsp3) is 0.235. The summed E-state index contributed by atoms with van der Waals surface area (Å²) in [7, 11) is -0.459. The van der Waals surface area contributed by atoms with Crippen molar-refractivity contribution in [2.45, 2.75) is 17.9 Å². The van der Waals surface area contributed by atoms with Crippen LogP contribution in [0.1, 0.15) is 28.9 Å². The van der Waals surface area contributed by atoms with E-state index in [1.165, 1.54) is 12.1 Å². The Hall–Kier alpha value is -2.38. The van der Waals surface area contributed by atoms with Gasteiger partial charge in [-0.15, -0.1) is 0 Å². The summed E-state index contributed by atoms with van der Waals surface area (Å²) in [4.78, 5) is 14.2. The minimum Gasteiger partial charge on any atom is -0.497 e. The summed E-state index contributed by atoms with van der Waals surface area (Å²) in [6.45, 7) is 1.87. The maximum atomic E-state index is 12.6. The van der Waals surface area contributed by atoms with Gasteiger partial charge in [0, 0.05) is 12.6 Å². The Morgan fingerprint density at radius 2 is 1.62 bits per heavy atom. The SMILES string of the molecule is COc1ccc(C(=O)N(C)C(C)c2ccc(S(N)(=O)=O)cc2)cc1. The highest BCUT2D eigenvalue weighted by Gasteiger charge is 2.19. The molecule has 0 bridgehead atoms. The molecule has 24 heavy (non-hydrogen) atoms. The van der Waals surface area contributed by atoms with Gasteiger partial charge in [0.2, 0.25) is 10.0 Å². The maximum Gasteiger partial charge on any atom is 0.254 e. The standard InChI is InChI=1S/C17H20N2O4S/c1-12(13-6-10-16(11-7-13)24(18,21)22)19(2)17(20)14-4-8-15(23-3)9-5-14/h4-12H,1-3H3,(H2,18,21,22). The zero-order valence-corrected chi connectivity index (χ0v) is 14.6. The van der Waals surface area contributed by atoms with Gasteiger partial charge in [-0.3, -0.25) is 4.79 Å². The van der Waals surface area contributed by atoms with E-state index in [0.717, 1.165) is 5.56 Å². The molecule has 0 radical (unpaired) electrons. The number of carbonyl (C=O) groups is 1. The van der Waals surface area contributed by atoms with E-state index in [-0.39, 0.29) is 16.8 Å². The number of nitrogens with two attached hydrogens (primary N) is 1. The molecule has 2 rings (SSSR count). The van der Waals surface area contributed by atoms with Crippen molar-refractivity contribution in [3.05, 3.63) is 59.7 Å². The Morgan fingerprint density at radius 3 is 2.08 bits per heavy atom. The van der Waals surface area contributed by atoms with Crippen LogP contribution in [0.15, 0.2) is 53.4 Å². The molecule has 0 aliphatic heterocycles. The van der Waals surface area contributed by atoms with Gasteiger partial charge in [-0.25, -0.2) is 13.6 Å². The van der Waals surface area contributed by atoms with Gasteiger partial charge in [0.1, 0.15) is 5.75 Å². The molecule has 0 saturated carbocycles. The van der Waals surface area contributed by atoms with E-state index >= 15 is 0 Å². The van der Waals surface area contributed by atoms with Crippen molar-refractivity contribution in [1.29, 1.82) is 0 Å². The second kappa shape index (κ2) is 7.02. The second-order valence-corrected chi connectivity index (χ2v) is 7.00. The number of rotatable bonds is 5. The molecule has 0 aromatic heterocycles. The zero-order chi connectivity index (χ0) is 17.9. The molecule has 1 unspecified atom stereocenters. The Morgan fingerprint density at radius 1 is 1.08 bits per heavy atom. The third kappa shape index (κ3) is 3.93. The Balaban J connectivity index is 2.18. The summed E-state index contributed by atoms with van der Waals surface area (Å²) < 4.78 is 27.7. The van der Waals surface area contributed by atoms with E-state index in [1.807, 2.05) is 6.92 Å². The second-order valence-electron chi connectivity index (χ2n) is 5.43. The van der Waals surface area contributed by atoms with Crippen LogP contribution in [0.3, 0.4) is 0 Å². The lowest BCUT2D eigenvalue weighted by Gasteiger charge is -2.25. The topological polar surface area (TPSA) is 89.7 Å². The van der Waals surface area contributed by atoms with Crippen molar-refractivity contribution in [3.8, 4) is 5.75 Å². The average Bonchev–Trinajstić information content (AvgIpc) is 2.59. The molecule has 128 valence electrons. The molecular formula is C17H20N2O4S. The van der Waals surface area contributed by atoms with Crippen LogP contribution >= 0.6 is 0 Å². The maximum absolute atomic E-state index is 12.6. The van der Waals surface area contributed by atoms with Crippen LogP contribution in [0.2, 0.25) is 0 Å². The first-order chi connectivity index (χ1) is 11.2. The van der Waals surface area contributed by atoms with Crippen molar-refractivity contribution >= 4 is 15.9 Å². The minimum atomic E-state index is -3.72. The van der Waals surface area contributed by atoms with Crippen LogP contribution in [-0.4, -0.2) is 33.4 Å².